The maximum absolute atomic E-state index is 12.7. The molecule has 2 aromatic carbocycles. The predicted molar refractivity (Wildman–Crippen MR) is 95.1 cm³/mol. The van der Waals surface area contributed by atoms with Gasteiger partial charge in [-0.1, -0.05) is 24.3 Å². The van der Waals surface area contributed by atoms with Crippen LogP contribution in [-0.2, 0) is 9.59 Å². The SMILES string of the molecule is CCOc1ccccc1NC(=O)[C@@H]1CN(C(C)=O)c2ccccc2O1. The van der Waals surface area contributed by atoms with Gasteiger partial charge in [0.25, 0.3) is 5.91 Å². The number of amides is 2. The van der Waals surface area contributed by atoms with Gasteiger partial charge in [-0.15, -0.1) is 0 Å². The molecule has 0 bridgehead atoms. The van der Waals surface area contributed by atoms with E-state index in [9.17, 15) is 9.59 Å². The van der Waals surface area contributed by atoms with Crippen molar-refractivity contribution in [2.24, 2.45) is 0 Å². The fraction of sp³-hybridized carbons (Fsp3) is 0.263. The summed E-state index contributed by atoms with van der Waals surface area (Å²) in [5.74, 6) is 0.649. The molecule has 3 rings (SSSR count). The third-order valence-corrected chi connectivity index (χ3v) is 3.89. The molecule has 1 heterocycles. The number of ether oxygens (including phenoxy) is 2. The van der Waals surface area contributed by atoms with Gasteiger partial charge >= 0.3 is 0 Å². The Bertz CT molecular complexity index is 790. The van der Waals surface area contributed by atoms with Crippen molar-refractivity contribution in [3.63, 3.8) is 0 Å². The number of carbonyl (C=O) groups is 2. The lowest BCUT2D eigenvalue weighted by molar-refractivity contribution is -0.123. The molecule has 0 unspecified atom stereocenters. The van der Waals surface area contributed by atoms with Crippen LogP contribution in [0.1, 0.15) is 13.8 Å². The van der Waals surface area contributed by atoms with Gasteiger partial charge in [0.1, 0.15) is 11.5 Å². The van der Waals surface area contributed by atoms with E-state index in [0.29, 0.717) is 29.5 Å². The first-order valence-corrected chi connectivity index (χ1v) is 8.16. The number of fused-ring (bicyclic) bond motifs is 1. The van der Waals surface area contributed by atoms with Gasteiger partial charge in [-0.25, -0.2) is 0 Å². The summed E-state index contributed by atoms with van der Waals surface area (Å²) in [6.45, 7) is 4.01. The van der Waals surface area contributed by atoms with Crippen molar-refractivity contribution in [2.45, 2.75) is 20.0 Å². The molecule has 0 saturated carbocycles. The molecule has 0 saturated heterocycles. The summed E-state index contributed by atoms with van der Waals surface area (Å²) in [5, 5.41) is 2.83. The Morgan fingerprint density at radius 3 is 2.68 bits per heavy atom. The van der Waals surface area contributed by atoms with Crippen LogP contribution in [0.4, 0.5) is 11.4 Å². The summed E-state index contributed by atoms with van der Waals surface area (Å²) >= 11 is 0. The van der Waals surface area contributed by atoms with E-state index >= 15 is 0 Å². The third kappa shape index (κ3) is 3.57. The highest BCUT2D eigenvalue weighted by molar-refractivity contribution is 6.00. The van der Waals surface area contributed by atoms with Crippen LogP contribution >= 0.6 is 0 Å². The molecular formula is C19H20N2O4. The minimum absolute atomic E-state index is 0.136. The second-order valence-electron chi connectivity index (χ2n) is 5.62. The molecule has 0 radical (unpaired) electrons. The van der Waals surface area contributed by atoms with Gasteiger partial charge < -0.3 is 19.7 Å². The maximum atomic E-state index is 12.7. The molecule has 2 aromatic rings. The molecule has 2 amide bonds. The molecule has 25 heavy (non-hydrogen) atoms. The Hall–Kier alpha value is -3.02. The minimum atomic E-state index is -0.798. The fourth-order valence-corrected chi connectivity index (χ4v) is 2.73. The standard InChI is InChI=1S/C19H20N2O4/c1-3-24-16-10-6-4-8-14(16)20-19(23)18-12-21(13(2)22)15-9-5-7-11-17(15)25-18/h4-11,18H,3,12H2,1-2H3,(H,20,23)/t18-/m0/s1. The van der Waals surface area contributed by atoms with Gasteiger partial charge in [-0.3, -0.25) is 9.59 Å². The number of nitrogens with zero attached hydrogens (tertiary/aromatic N) is 1. The van der Waals surface area contributed by atoms with E-state index < -0.39 is 6.10 Å². The number of anilines is 2. The highest BCUT2D eigenvalue weighted by atomic mass is 16.5. The van der Waals surface area contributed by atoms with Crippen LogP contribution < -0.4 is 19.7 Å². The highest BCUT2D eigenvalue weighted by Gasteiger charge is 2.32. The van der Waals surface area contributed by atoms with Crippen LogP contribution in [-0.4, -0.2) is 31.1 Å². The number of hydrogen-bond acceptors (Lipinski definition) is 4. The second kappa shape index (κ2) is 7.25. The van der Waals surface area contributed by atoms with E-state index in [1.54, 1.807) is 29.2 Å². The predicted octanol–water partition coefficient (Wildman–Crippen LogP) is 2.84. The zero-order chi connectivity index (χ0) is 17.8. The van der Waals surface area contributed by atoms with E-state index in [1.165, 1.54) is 6.92 Å². The molecule has 6 heteroatoms. The van der Waals surface area contributed by atoms with Crippen molar-refractivity contribution in [3.8, 4) is 11.5 Å². The van der Waals surface area contributed by atoms with Crippen LogP contribution in [0.3, 0.4) is 0 Å². The van der Waals surface area contributed by atoms with Gasteiger partial charge in [0.05, 0.1) is 24.5 Å². The first-order chi connectivity index (χ1) is 12.1. The molecule has 0 aliphatic carbocycles. The van der Waals surface area contributed by atoms with Crippen molar-refractivity contribution in [1.29, 1.82) is 0 Å². The van der Waals surface area contributed by atoms with Crippen LogP contribution in [0, 0.1) is 0 Å². The molecule has 0 spiro atoms. The van der Waals surface area contributed by atoms with Gasteiger partial charge in [0, 0.05) is 6.92 Å². The molecule has 0 fully saturated rings. The largest absolute Gasteiger partial charge is 0.492 e. The molecule has 0 aromatic heterocycles. The molecule has 6 nitrogen and oxygen atoms in total. The zero-order valence-corrected chi connectivity index (χ0v) is 14.2. The summed E-state index contributed by atoms with van der Waals surface area (Å²) < 4.78 is 11.3. The molecular weight excluding hydrogens is 320 g/mol. The monoisotopic (exact) mass is 340 g/mol. The van der Waals surface area contributed by atoms with Crippen molar-refractivity contribution in [1.82, 2.24) is 0 Å². The van der Waals surface area contributed by atoms with E-state index in [-0.39, 0.29) is 18.4 Å². The van der Waals surface area contributed by atoms with Gasteiger partial charge in [0.2, 0.25) is 5.91 Å². The van der Waals surface area contributed by atoms with Crippen molar-refractivity contribution >= 4 is 23.2 Å². The van der Waals surface area contributed by atoms with E-state index in [0.717, 1.165) is 0 Å². The van der Waals surface area contributed by atoms with Gasteiger partial charge in [-0.2, -0.15) is 0 Å². The lowest BCUT2D eigenvalue weighted by Gasteiger charge is -2.33. The maximum Gasteiger partial charge on any atom is 0.267 e. The number of benzene rings is 2. The third-order valence-electron chi connectivity index (χ3n) is 3.89. The summed E-state index contributed by atoms with van der Waals surface area (Å²) in [6.07, 6.45) is -0.798. The number of para-hydroxylation sites is 4. The lowest BCUT2D eigenvalue weighted by Crippen LogP contribution is -2.48. The van der Waals surface area contributed by atoms with E-state index in [2.05, 4.69) is 5.32 Å². The lowest BCUT2D eigenvalue weighted by atomic mass is 10.1. The first kappa shape index (κ1) is 16.8. The minimum Gasteiger partial charge on any atom is -0.492 e. The zero-order valence-electron chi connectivity index (χ0n) is 14.2. The summed E-state index contributed by atoms with van der Waals surface area (Å²) in [5.41, 5.74) is 1.25. The van der Waals surface area contributed by atoms with E-state index in [1.807, 2.05) is 31.2 Å². The normalized spacial score (nSPS) is 15.8. The van der Waals surface area contributed by atoms with Crippen LogP contribution in [0.25, 0.3) is 0 Å². The van der Waals surface area contributed by atoms with Crippen LogP contribution in [0.5, 0.6) is 11.5 Å². The van der Waals surface area contributed by atoms with Crippen molar-refractivity contribution < 1.29 is 19.1 Å². The van der Waals surface area contributed by atoms with Gasteiger partial charge in [-0.05, 0) is 31.2 Å². The molecule has 130 valence electrons. The quantitative estimate of drug-likeness (QED) is 0.929. The topological polar surface area (TPSA) is 67.9 Å². The smallest absolute Gasteiger partial charge is 0.267 e. The first-order valence-electron chi connectivity index (χ1n) is 8.16. The number of rotatable bonds is 4. The highest BCUT2D eigenvalue weighted by Crippen LogP contribution is 2.33. The van der Waals surface area contributed by atoms with Gasteiger partial charge in [0.15, 0.2) is 6.10 Å². The van der Waals surface area contributed by atoms with Crippen LogP contribution in [0.15, 0.2) is 48.5 Å². The average molecular weight is 340 g/mol. The van der Waals surface area contributed by atoms with Crippen molar-refractivity contribution in [2.75, 3.05) is 23.4 Å². The Labute approximate surface area is 146 Å². The molecule has 1 aliphatic heterocycles. The molecule has 1 aliphatic rings. The molecule has 1 N–H and O–H groups in total. The summed E-state index contributed by atoms with van der Waals surface area (Å²) in [7, 11) is 0. The summed E-state index contributed by atoms with van der Waals surface area (Å²) in [6, 6.07) is 14.4. The van der Waals surface area contributed by atoms with E-state index in [4.69, 9.17) is 9.47 Å². The molecule has 1 atom stereocenters. The Morgan fingerprint density at radius 2 is 1.92 bits per heavy atom. The number of carbonyl (C=O) groups excluding carboxylic acids is 2. The summed E-state index contributed by atoms with van der Waals surface area (Å²) in [4.78, 5) is 26.2. The Morgan fingerprint density at radius 1 is 1.20 bits per heavy atom. The fourth-order valence-electron chi connectivity index (χ4n) is 2.73. The average Bonchev–Trinajstić information content (AvgIpc) is 2.62. The number of nitrogens with one attached hydrogen (secondary N) is 1. The van der Waals surface area contributed by atoms with Crippen LogP contribution in [0.2, 0.25) is 0 Å². The second-order valence-corrected chi connectivity index (χ2v) is 5.62. The van der Waals surface area contributed by atoms with Crippen molar-refractivity contribution in [3.05, 3.63) is 48.5 Å². The Kier molecular flexibility index (Phi) is 4.88. The number of hydrogen-bond donors (Lipinski definition) is 1. The Balaban J connectivity index is 1.81.